The molecule has 0 spiro atoms. The molecule has 1 aliphatic heterocycles. The normalized spacial score (nSPS) is 17.7. The molecule has 3 nitrogen and oxygen atoms in total. The van der Waals surface area contributed by atoms with Gasteiger partial charge in [0, 0.05) is 11.9 Å². The van der Waals surface area contributed by atoms with Crippen molar-refractivity contribution in [3.05, 3.63) is 77.1 Å². The molecule has 106 valence electrons. The van der Waals surface area contributed by atoms with Crippen LogP contribution in [0.5, 0.6) is 0 Å². The number of benzene rings is 2. The number of nitrogens with zero attached hydrogens (tertiary/aromatic N) is 2. The first kappa shape index (κ1) is 13.4. The van der Waals surface area contributed by atoms with Crippen LogP contribution in [0.2, 0.25) is 0 Å². The molecule has 0 amide bonds. The first-order valence-electron chi connectivity index (χ1n) is 7.08. The highest BCUT2D eigenvalue weighted by Crippen LogP contribution is 2.35. The molecule has 2 aromatic rings. The maximum absolute atomic E-state index is 6.25. The van der Waals surface area contributed by atoms with Gasteiger partial charge in [0.05, 0.1) is 0 Å². The van der Waals surface area contributed by atoms with E-state index in [1.165, 1.54) is 16.7 Å². The molecule has 1 aliphatic rings. The number of hydrogen-bond acceptors (Lipinski definition) is 3. The van der Waals surface area contributed by atoms with E-state index in [1.54, 1.807) is 6.21 Å². The van der Waals surface area contributed by atoms with Gasteiger partial charge in [0.25, 0.3) is 0 Å². The molecule has 3 heteroatoms. The third kappa shape index (κ3) is 2.42. The zero-order valence-corrected chi connectivity index (χ0v) is 12.3. The monoisotopic (exact) mass is 277 g/mol. The average Bonchev–Trinajstić information content (AvgIpc) is 2.49. The van der Waals surface area contributed by atoms with Gasteiger partial charge in [0.1, 0.15) is 5.82 Å². The molecule has 1 heterocycles. The third-order valence-electron chi connectivity index (χ3n) is 3.84. The number of anilines is 1. The van der Waals surface area contributed by atoms with E-state index in [-0.39, 0.29) is 6.17 Å². The lowest BCUT2D eigenvalue weighted by atomic mass is 10.0. The maximum Gasteiger partial charge on any atom is 0.152 e. The Hall–Kier alpha value is -2.55. The van der Waals surface area contributed by atoms with Crippen molar-refractivity contribution in [2.45, 2.75) is 20.0 Å². The Bertz CT molecular complexity index is 716. The van der Waals surface area contributed by atoms with Crippen LogP contribution in [0.3, 0.4) is 0 Å². The molecule has 0 saturated carbocycles. The summed E-state index contributed by atoms with van der Waals surface area (Å²) < 4.78 is 0. The highest BCUT2D eigenvalue weighted by molar-refractivity contribution is 5.77. The van der Waals surface area contributed by atoms with Gasteiger partial charge in [-0.3, -0.25) is 4.99 Å². The van der Waals surface area contributed by atoms with Crippen LogP contribution in [0.4, 0.5) is 5.69 Å². The molecule has 1 unspecified atom stereocenters. The lowest BCUT2D eigenvalue weighted by Crippen LogP contribution is -2.34. The van der Waals surface area contributed by atoms with E-state index in [0.717, 1.165) is 5.69 Å². The fourth-order valence-corrected chi connectivity index (χ4v) is 2.69. The predicted molar refractivity (Wildman–Crippen MR) is 88.3 cm³/mol. The fourth-order valence-electron chi connectivity index (χ4n) is 2.69. The van der Waals surface area contributed by atoms with Crippen LogP contribution in [0, 0.1) is 13.8 Å². The summed E-state index contributed by atoms with van der Waals surface area (Å²) in [5.74, 6) is 0.715. The Balaban J connectivity index is 2.12. The molecule has 21 heavy (non-hydrogen) atoms. The quantitative estimate of drug-likeness (QED) is 0.909. The molecule has 3 rings (SSSR count). The van der Waals surface area contributed by atoms with Crippen molar-refractivity contribution >= 4 is 11.9 Å². The summed E-state index contributed by atoms with van der Waals surface area (Å²) >= 11 is 0. The Morgan fingerprint density at radius 2 is 1.62 bits per heavy atom. The molecule has 2 aromatic carbocycles. The van der Waals surface area contributed by atoms with Crippen LogP contribution < -0.4 is 10.6 Å². The van der Waals surface area contributed by atoms with Gasteiger partial charge in [-0.1, -0.05) is 42.5 Å². The lowest BCUT2D eigenvalue weighted by molar-refractivity contribution is 0.692. The summed E-state index contributed by atoms with van der Waals surface area (Å²) in [6.45, 7) is 4.20. The van der Waals surface area contributed by atoms with Gasteiger partial charge >= 0.3 is 0 Å². The van der Waals surface area contributed by atoms with E-state index in [9.17, 15) is 0 Å². The number of para-hydroxylation sites is 1. The van der Waals surface area contributed by atoms with Crippen molar-refractivity contribution in [1.29, 1.82) is 0 Å². The zero-order valence-electron chi connectivity index (χ0n) is 12.3. The summed E-state index contributed by atoms with van der Waals surface area (Å²) in [6.07, 6.45) is 3.53. The number of nitrogens with two attached hydrogens (primary N) is 1. The summed E-state index contributed by atoms with van der Waals surface area (Å²) in [5.41, 5.74) is 10.9. The molecule has 0 saturated heterocycles. The van der Waals surface area contributed by atoms with Crippen molar-refractivity contribution in [2.75, 3.05) is 4.90 Å². The highest BCUT2D eigenvalue weighted by atomic mass is 15.3. The second-order valence-corrected chi connectivity index (χ2v) is 5.28. The largest absolute Gasteiger partial charge is 0.385 e. The van der Waals surface area contributed by atoms with Crippen molar-refractivity contribution in [3.63, 3.8) is 0 Å². The van der Waals surface area contributed by atoms with Crippen molar-refractivity contribution in [2.24, 2.45) is 10.7 Å². The van der Waals surface area contributed by atoms with Crippen LogP contribution in [0.25, 0.3) is 0 Å². The minimum absolute atomic E-state index is 0.114. The Morgan fingerprint density at radius 1 is 0.952 bits per heavy atom. The lowest BCUT2D eigenvalue weighted by Gasteiger charge is -2.34. The van der Waals surface area contributed by atoms with Crippen LogP contribution >= 0.6 is 0 Å². The van der Waals surface area contributed by atoms with Crippen molar-refractivity contribution in [1.82, 2.24) is 0 Å². The van der Waals surface area contributed by atoms with E-state index in [0.29, 0.717) is 5.82 Å². The van der Waals surface area contributed by atoms with E-state index in [4.69, 9.17) is 5.73 Å². The van der Waals surface area contributed by atoms with Crippen LogP contribution in [-0.4, -0.2) is 6.21 Å². The minimum atomic E-state index is -0.114. The number of aryl methyl sites for hydroxylation is 2. The SMILES string of the molecule is Cc1ccccc1C1N=CC=C(N)N1c1ccccc1C. The first-order chi connectivity index (χ1) is 10.2. The van der Waals surface area contributed by atoms with Gasteiger partial charge in [-0.15, -0.1) is 0 Å². The zero-order chi connectivity index (χ0) is 14.8. The van der Waals surface area contributed by atoms with E-state index >= 15 is 0 Å². The molecule has 1 atom stereocenters. The van der Waals surface area contributed by atoms with Crippen molar-refractivity contribution < 1.29 is 0 Å². The van der Waals surface area contributed by atoms with E-state index in [1.807, 2.05) is 30.3 Å². The number of aliphatic imine (C=N–C) groups is 1. The van der Waals surface area contributed by atoms with E-state index in [2.05, 4.69) is 48.0 Å². The summed E-state index contributed by atoms with van der Waals surface area (Å²) in [4.78, 5) is 6.75. The fraction of sp³-hybridized carbons (Fsp3) is 0.167. The van der Waals surface area contributed by atoms with Gasteiger partial charge in [-0.2, -0.15) is 0 Å². The Labute approximate surface area is 125 Å². The number of allylic oxidation sites excluding steroid dienone is 1. The van der Waals surface area contributed by atoms with Gasteiger partial charge in [-0.05, 0) is 42.7 Å². The summed E-state index contributed by atoms with van der Waals surface area (Å²) in [6, 6.07) is 16.6. The van der Waals surface area contributed by atoms with Gasteiger partial charge in [-0.25, -0.2) is 0 Å². The smallest absolute Gasteiger partial charge is 0.152 e. The number of hydrogen-bond donors (Lipinski definition) is 1. The molecule has 0 aliphatic carbocycles. The summed E-state index contributed by atoms with van der Waals surface area (Å²) in [7, 11) is 0. The minimum Gasteiger partial charge on any atom is -0.385 e. The maximum atomic E-state index is 6.25. The topological polar surface area (TPSA) is 41.6 Å². The average molecular weight is 277 g/mol. The van der Waals surface area contributed by atoms with Gasteiger partial charge in [0.15, 0.2) is 6.17 Å². The molecule has 0 bridgehead atoms. The van der Waals surface area contributed by atoms with Crippen molar-refractivity contribution in [3.8, 4) is 0 Å². The molecule has 0 fully saturated rings. The van der Waals surface area contributed by atoms with Gasteiger partial charge < -0.3 is 10.6 Å². The summed E-state index contributed by atoms with van der Waals surface area (Å²) in [5, 5.41) is 0. The second-order valence-electron chi connectivity index (χ2n) is 5.28. The first-order valence-corrected chi connectivity index (χ1v) is 7.08. The second kappa shape index (κ2) is 5.44. The van der Waals surface area contributed by atoms with E-state index < -0.39 is 0 Å². The molecule has 0 radical (unpaired) electrons. The Kier molecular flexibility index (Phi) is 3.48. The predicted octanol–water partition coefficient (Wildman–Crippen LogP) is 3.69. The number of rotatable bonds is 2. The van der Waals surface area contributed by atoms with Gasteiger partial charge in [0.2, 0.25) is 0 Å². The standard InChI is InChI=1S/C18H19N3/c1-13-7-3-5-9-15(13)18-20-12-11-17(19)21(18)16-10-6-4-8-14(16)2/h3-12,18H,19H2,1-2H3. The Morgan fingerprint density at radius 3 is 2.33 bits per heavy atom. The molecular formula is C18H19N3. The molecule has 2 N–H and O–H groups in total. The van der Waals surface area contributed by atoms with Crippen LogP contribution in [0.15, 0.2) is 65.4 Å². The van der Waals surface area contributed by atoms with Crippen LogP contribution in [0.1, 0.15) is 22.9 Å². The van der Waals surface area contributed by atoms with Crippen LogP contribution in [-0.2, 0) is 0 Å². The molecular weight excluding hydrogens is 258 g/mol. The molecule has 0 aromatic heterocycles. The highest BCUT2D eigenvalue weighted by Gasteiger charge is 2.25. The third-order valence-corrected chi connectivity index (χ3v) is 3.84.